The molecular weight excluding hydrogens is 407 g/mol. The van der Waals surface area contributed by atoms with E-state index in [0.29, 0.717) is 0 Å². The minimum absolute atomic E-state index is 0.0482. The highest BCUT2D eigenvalue weighted by molar-refractivity contribution is 14.1. The molecule has 1 fully saturated rings. The number of fused-ring (bicyclic) bond motifs is 1. The normalized spacial score (nSPS) is 27.9. The Morgan fingerprint density at radius 2 is 2.55 bits per heavy atom. The number of aliphatic hydroxyl groups excluding tert-OH is 1. The number of imidazole rings is 1. The molecule has 4 N–H and O–H groups in total. The predicted octanol–water partition coefficient (Wildman–Crippen LogP) is 0.423. The number of rotatable bonds is 3. The van der Waals surface area contributed by atoms with Crippen molar-refractivity contribution >= 4 is 39.7 Å². The van der Waals surface area contributed by atoms with Gasteiger partial charge in [-0.05, 0) is 5.53 Å². The van der Waals surface area contributed by atoms with E-state index < -0.39 is 23.6 Å². The van der Waals surface area contributed by atoms with E-state index in [1.807, 2.05) is 22.6 Å². The number of nitrogen functional groups attached to an aromatic ring is 1. The number of hydrogen-bond donors (Lipinski definition) is 3. The van der Waals surface area contributed by atoms with Gasteiger partial charge in [-0.15, -0.1) is 0 Å². The van der Waals surface area contributed by atoms with Gasteiger partial charge in [-0.2, -0.15) is 4.98 Å². The Balaban J connectivity index is 2.07. The smallest absolute Gasteiger partial charge is 0.280 e. The van der Waals surface area contributed by atoms with Crippen LogP contribution in [-0.4, -0.2) is 40.9 Å². The topological polar surface area (TPSA) is 168 Å². The summed E-state index contributed by atoms with van der Waals surface area (Å²) in [6, 6.07) is 0. The highest BCUT2D eigenvalue weighted by atomic mass is 127. The summed E-state index contributed by atoms with van der Waals surface area (Å²) >= 11 is 1.97. The molecule has 11 nitrogen and oxygen atoms in total. The lowest BCUT2D eigenvalue weighted by molar-refractivity contribution is -0.0795. The monoisotopic (exact) mass is 418 g/mol. The van der Waals surface area contributed by atoms with Crippen molar-refractivity contribution in [1.82, 2.24) is 19.5 Å². The fourth-order valence-electron chi connectivity index (χ4n) is 2.37. The molecule has 116 valence electrons. The molecule has 0 amide bonds. The maximum atomic E-state index is 11.8. The van der Waals surface area contributed by atoms with Crippen LogP contribution in [0, 0.1) is 0 Å². The number of ether oxygens (including phenoxy) is 1. The second kappa shape index (κ2) is 5.39. The van der Waals surface area contributed by atoms with Crippen molar-refractivity contribution in [2.75, 3.05) is 10.2 Å². The lowest BCUT2D eigenvalue weighted by atomic mass is 10.1. The minimum Gasteiger partial charge on any atom is -0.390 e. The Hall–Kier alpha value is -1.89. The standard InChI is InChI=1S/C10H11IN8O3/c11-2-10(17-18-13)4(20)1-5(22-10)19-3-14-6-7(19)15-9(12)16-8(6)21/h3-5,20H,1-2H2,(H3,12,15,16,21)/t4?,5-,10-/m1/s1. The highest BCUT2D eigenvalue weighted by Crippen LogP contribution is 2.40. The predicted molar refractivity (Wildman–Crippen MR) is 84.1 cm³/mol. The summed E-state index contributed by atoms with van der Waals surface area (Å²) in [4.78, 5) is 24.9. The largest absolute Gasteiger partial charge is 0.390 e. The van der Waals surface area contributed by atoms with Crippen LogP contribution in [0.3, 0.4) is 0 Å². The Kier molecular flexibility index (Phi) is 3.68. The zero-order valence-corrected chi connectivity index (χ0v) is 13.2. The van der Waals surface area contributed by atoms with Crippen molar-refractivity contribution in [3.05, 3.63) is 27.1 Å². The van der Waals surface area contributed by atoms with E-state index in [2.05, 4.69) is 25.0 Å². The molecular formula is C10H11IN8O3. The van der Waals surface area contributed by atoms with Crippen LogP contribution in [0.1, 0.15) is 12.6 Å². The molecule has 0 spiro atoms. The molecule has 22 heavy (non-hydrogen) atoms. The third-order valence-electron chi connectivity index (χ3n) is 3.45. The zero-order chi connectivity index (χ0) is 15.9. The number of hydrogen-bond acceptors (Lipinski definition) is 7. The van der Waals surface area contributed by atoms with Crippen molar-refractivity contribution in [2.24, 2.45) is 5.11 Å². The zero-order valence-electron chi connectivity index (χ0n) is 11.0. The summed E-state index contributed by atoms with van der Waals surface area (Å²) in [5, 5.41) is 13.8. The molecule has 0 aromatic carbocycles. The maximum absolute atomic E-state index is 11.8. The number of aromatic nitrogens is 4. The van der Waals surface area contributed by atoms with E-state index in [1.165, 1.54) is 10.9 Å². The number of azide groups is 1. The lowest BCUT2D eigenvalue weighted by Gasteiger charge is -2.24. The summed E-state index contributed by atoms with van der Waals surface area (Å²) < 4.78 is 7.50. The molecule has 0 saturated carbocycles. The SMILES string of the molecule is [N-]=[N+]=N[C@]1(CI)O[C@@H](n2cnc3c(=O)[nH]c(N)nc32)CC1O. The third kappa shape index (κ3) is 2.20. The molecule has 1 aliphatic rings. The molecule has 0 aliphatic carbocycles. The van der Waals surface area contributed by atoms with Gasteiger partial charge in [0.25, 0.3) is 5.56 Å². The number of nitrogens with zero attached hydrogens (tertiary/aromatic N) is 6. The Labute approximate surface area is 136 Å². The van der Waals surface area contributed by atoms with Crippen LogP contribution in [0.5, 0.6) is 0 Å². The van der Waals surface area contributed by atoms with E-state index in [9.17, 15) is 9.90 Å². The van der Waals surface area contributed by atoms with Gasteiger partial charge < -0.3 is 15.6 Å². The molecule has 3 rings (SSSR count). The van der Waals surface area contributed by atoms with Crippen LogP contribution in [0.2, 0.25) is 0 Å². The van der Waals surface area contributed by atoms with Crippen LogP contribution in [0.25, 0.3) is 21.6 Å². The third-order valence-corrected chi connectivity index (χ3v) is 4.54. The van der Waals surface area contributed by atoms with E-state index in [4.69, 9.17) is 16.0 Å². The average molecular weight is 418 g/mol. The molecule has 0 bridgehead atoms. The first-order valence-electron chi connectivity index (χ1n) is 6.21. The van der Waals surface area contributed by atoms with Crippen LogP contribution < -0.4 is 11.3 Å². The summed E-state index contributed by atoms with van der Waals surface area (Å²) in [5.74, 6) is -0.0482. The summed E-state index contributed by atoms with van der Waals surface area (Å²) in [6.07, 6.45) is -0.110. The molecule has 1 aliphatic heterocycles. The summed E-state index contributed by atoms with van der Waals surface area (Å²) in [5.41, 5.74) is 12.7. The van der Waals surface area contributed by atoms with Crippen LogP contribution >= 0.6 is 22.6 Å². The van der Waals surface area contributed by atoms with Gasteiger partial charge in [0.15, 0.2) is 16.9 Å². The molecule has 2 aromatic heterocycles. The van der Waals surface area contributed by atoms with E-state index >= 15 is 0 Å². The Morgan fingerprint density at radius 3 is 3.23 bits per heavy atom. The van der Waals surface area contributed by atoms with Gasteiger partial charge in [-0.3, -0.25) is 14.3 Å². The summed E-state index contributed by atoms with van der Waals surface area (Å²) in [6.45, 7) is 0. The van der Waals surface area contributed by atoms with Crippen LogP contribution in [0.4, 0.5) is 5.95 Å². The van der Waals surface area contributed by atoms with E-state index in [-0.39, 0.29) is 28.0 Å². The first kappa shape index (κ1) is 15.0. The van der Waals surface area contributed by atoms with E-state index in [1.54, 1.807) is 0 Å². The number of H-pyrrole nitrogens is 1. The number of nitrogens with one attached hydrogen (secondary N) is 1. The van der Waals surface area contributed by atoms with Gasteiger partial charge in [-0.25, -0.2) is 4.98 Å². The summed E-state index contributed by atoms with van der Waals surface area (Å²) in [7, 11) is 0. The average Bonchev–Trinajstić information content (AvgIpc) is 3.02. The quantitative estimate of drug-likeness (QED) is 0.215. The van der Waals surface area contributed by atoms with Crippen LogP contribution in [-0.2, 0) is 4.74 Å². The number of nitrogens with two attached hydrogens (primary N) is 1. The van der Waals surface area contributed by atoms with Crippen molar-refractivity contribution < 1.29 is 9.84 Å². The van der Waals surface area contributed by atoms with Gasteiger partial charge in [0.1, 0.15) is 6.23 Å². The number of aromatic amines is 1. The van der Waals surface area contributed by atoms with Crippen molar-refractivity contribution in [2.45, 2.75) is 24.5 Å². The number of halogens is 1. The van der Waals surface area contributed by atoms with Crippen LogP contribution in [0.15, 0.2) is 16.2 Å². The van der Waals surface area contributed by atoms with Gasteiger partial charge in [0, 0.05) is 15.8 Å². The lowest BCUT2D eigenvalue weighted by Crippen LogP contribution is -2.38. The Bertz CT molecular complexity index is 827. The molecule has 1 saturated heterocycles. The molecule has 12 heteroatoms. The number of alkyl halides is 1. The first-order chi connectivity index (χ1) is 10.5. The van der Waals surface area contributed by atoms with Gasteiger partial charge in [-0.1, -0.05) is 27.7 Å². The van der Waals surface area contributed by atoms with Gasteiger partial charge in [0.2, 0.25) is 5.95 Å². The van der Waals surface area contributed by atoms with E-state index in [0.717, 1.165) is 0 Å². The highest BCUT2D eigenvalue weighted by Gasteiger charge is 2.48. The number of aliphatic hydroxyl groups is 1. The maximum Gasteiger partial charge on any atom is 0.280 e. The minimum atomic E-state index is -1.36. The molecule has 0 radical (unpaired) electrons. The van der Waals surface area contributed by atoms with Crippen molar-refractivity contribution in [3.63, 3.8) is 0 Å². The molecule has 1 unspecified atom stereocenters. The molecule has 3 atom stereocenters. The van der Waals surface area contributed by atoms with Crippen molar-refractivity contribution in [3.8, 4) is 0 Å². The Morgan fingerprint density at radius 1 is 1.77 bits per heavy atom. The first-order valence-corrected chi connectivity index (χ1v) is 7.74. The van der Waals surface area contributed by atoms with Gasteiger partial charge in [0.05, 0.1) is 12.4 Å². The molecule has 2 aromatic rings. The fourth-order valence-corrected chi connectivity index (χ4v) is 3.22. The van der Waals surface area contributed by atoms with Crippen molar-refractivity contribution in [1.29, 1.82) is 0 Å². The fraction of sp³-hybridized carbons (Fsp3) is 0.500. The molecule has 3 heterocycles. The van der Waals surface area contributed by atoms with Gasteiger partial charge >= 0.3 is 0 Å². The second-order valence-corrected chi connectivity index (χ2v) is 5.53. The number of anilines is 1. The second-order valence-electron chi connectivity index (χ2n) is 4.77.